The first-order valence-electron chi connectivity index (χ1n) is 7.81. The fraction of sp³-hybridized carbons (Fsp3) is 0.333. The van der Waals surface area contributed by atoms with Crippen molar-refractivity contribution in [2.24, 2.45) is 5.41 Å². The van der Waals surface area contributed by atoms with Crippen molar-refractivity contribution < 1.29 is 18.0 Å². The van der Waals surface area contributed by atoms with E-state index in [4.69, 9.17) is 11.6 Å². The Balaban J connectivity index is 2.68. The standard InChI is InChI=1S/C18H16BrClF3N3O/c1-17(2,3)16(27)25-9-26-14(10-4-6-11(20)7-5-10)12(8-24)13(19)15(26)18(21,22)23/h4-7H,9H2,1-3H3,(H,25,27). The number of benzene rings is 1. The first kappa shape index (κ1) is 21.3. The van der Waals surface area contributed by atoms with Gasteiger partial charge in [0.15, 0.2) is 0 Å². The minimum Gasteiger partial charge on any atom is -0.338 e. The molecule has 1 aromatic carbocycles. The van der Waals surface area contributed by atoms with E-state index in [1.54, 1.807) is 20.8 Å². The van der Waals surface area contributed by atoms with Crippen molar-refractivity contribution >= 4 is 33.4 Å². The molecule has 0 bridgehead atoms. The Morgan fingerprint density at radius 3 is 2.26 bits per heavy atom. The highest BCUT2D eigenvalue weighted by Crippen LogP contribution is 2.43. The van der Waals surface area contributed by atoms with Gasteiger partial charge in [-0.25, -0.2) is 0 Å². The number of aromatic nitrogens is 1. The molecule has 1 amide bonds. The van der Waals surface area contributed by atoms with E-state index in [0.717, 1.165) is 4.57 Å². The maximum absolute atomic E-state index is 13.7. The maximum atomic E-state index is 13.7. The Morgan fingerprint density at radius 1 is 1.26 bits per heavy atom. The third-order valence-electron chi connectivity index (χ3n) is 3.78. The number of hydrogen-bond acceptors (Lipinski definition) is 2. The fourth-order valence-electron chi connectivity index (χ4n) is 2.45. The van der Waals surface area contributed by atoms with Gasteiger partial charge in [-0.3, -0.25) is 4.79 Å². The smallest absolute Gasteiger partial charge is 0.338 e. The summed E-state index contributed by atoms with van der Waals surface area (Å²) in [6.45, 7) is 4.52. The van der Waals surface area contributed by atoms with Crippen LogP contribution in [0.25, 0.3) is 11.3 Å². The molecule has 0 aliphatic rings. The van der Waals surface area contributed by atoms with Gasteiger partial charge >= 0.3 is 6.18 Å². The highest BCUT2D eigenvalue weighted by Gasteiger charge is 2.41. The van der Waals surface area contributed by atoms with Crippen LogP contribution in [0.4, 0.5) is 13.2 Å². The molecule has 9 heteroatoms. The molecule has 1 N–H and O–H groups in total. The highest BCUT2D eigenvalue weighted by molar-refractivity contribution is 9.10. The van der Waals surface area contributed by atoms with E-state index < -0.39 is 29.9 Å². The van der Waals surface area contributed by atoms with Crippen LogP contribution in [0.15, 0.2) is 28.7 Å². The molecule has 27 heavy (non-hydrogen) atoms. The number of amides is 1. The second-order valence-corrected chi connectivity index (χ2v) is 8.07. The summed E-state index contributed by atoms with van der Waals surface area (Å²) >= 11 is 8.76. The van der Waals surface area contributed by atoms with Crippen LogP contribution in [0, 0.1) is 16.7 Å². The first-order valence-corrected chi connectivity index (χ1v) is 8.98. The van der Waals surface area contributed by atoms with Gasteiger partial charge in [-0.2, -0.15) is 18.4 Å². The molecule has 0 saturated carbocycles. The van der Waals surface area contributed by atoms with Crippen molar-refractivity contribution in [1.82, 2.24) is 9.88 Å². The van der Waals surface area contributed by atoms with E-state index in [-0.39, 0.29) is 15.7 Å². The van der Waals surface area contributed by atoms with Gasteiger partial charge < -0.3 is 9.88 Å². The lowest BCUT2D eigenvalue weighted by atomic mass is 9.96. The van der Waals surface area contributed by atoms with Crippen LogP contribution in [0.2, 0.25) is 5.02 Å². The van der Waals surface area contributed by atoms with Crippen LogP contribution >= 0.6 is 27.5 Å². The summed E-state index contributed by atoms with van der Waals surface area (Å²) < 4.78 is 41.6. The number of carbonyl (C=O) groups excluding carboxylic acids is 1. The van der Waals surface area contributed by atoms with E-state index in [9.17, 15) is 23.2 Å². The monoisotopic (exact) mass is 461 g/mol. The van der Waals surface area contributed by atoms with Gasteiger partial charge in [-0.1, -0.05) is 44.5 Å². The number of nitrogens with zero attached hydrogens (tertiary/aromatic N) is 2. The molecule has 0 aliphatic carbocycles. The number of alkyl halides is 3. The van der Waals surface area contributed by atoms with Crippen LogP contribution < -0.4 is 5.32 Å². The summed E-state index contributed by atoms with van der Waals surface area (Å²) in [4.78, 5) is 12.2. The summed E-state index contributed by atoms with van der Waals surface area (Å²) in [7, 11) is 0. The van der Waals surface area contributed by atoms with Crippen molar-refractivity contribution in [2.75, 3.05) is 0 Å². The quantitative estimate of drug-likeness (QED) is 0.647. The number of hydrogen-bond donors (Lipinski definition) is 1. The molecule has 0 spiro atoms. The van der Waals surface area contributed by atoms with Gasteiger partial charge in [0, 0.05) is 10.4 Å². The summed E-state index contributed by atoms with van der Waals surface area (Å²) in [5.74, 6) is -0.416. The lowest BCUT2D eigenvalue weighted by Crippen LogP contribution is -2.37. The molecule has 1 heterocycles. The highest BCUT2D eigenvalue weighted by atomic mass is 79.9. The van der Waals surface area contributed by atoms with Crippen molar-refractivity contribution in [2.45, 2.75) is 33.6 Å². The zero-order valence-electron chi connectivity index (χ0n) is 14.7. The van der Waals surface area contributed by atoms with Gasteiger partial charge in [0.25, 0.3) is 0 Å². The Kier molecular flexibility index (Phi) is 5.97. The fourth-order valence-corrected chi connectivity index (χ4v) is 3.29. The van der Waals surface area contributed by atoms with E-state index in [1.807, 2.05) is 6.07 Å². The lowest BCUT2D eigenvalue weighted by molar-refractivity contribution is -0.145. The zero-order valence-corrected chi connectivity index (χ0v) is 17.1. The average Bonchev–Trinajstić information content (AvgIpc) is 2.84. The molecule has 0 unspecified atom stereocenters. The van der Waals surface area contributed by atoms with Gasteiger partial charge in [-0.05, 0) is 33.6 Å². The van der Waals surface area contributed by atoms with E-state index in [0.29, 0.717) is 10.6 Å². The van der Waals surface area contributed by atoms with Gasteiger partial charge in [0.05, 0.1) is 22.4 Å². The summed E-state index contributed by atoms with van der Waals surface area (Å²) in [6.07, 6.45) is -4.73. The van der Waals surface area contributed by atoms with Gasteiger partial charge in [-0.15, -0.1) is 0 Å². The Hall–Kier alpha value is -1.98. The molecule has 4 nitrogen and oxygen atoms in total. The molecule has 144 valence electrons. The van der Waals surface area contributed by atoms with Gasteiger partial charge in [0.2, 0.25) is 5.91 Å². The number of nitriles is 1. The summed E-state index contributed by atoms with van der Waals surface area (Å²) in [5.41, 5.74) is -1.58. The molecule has 0 fully saturated rings. The molecule has 2 aromatic rings. The second kappa shape index (κ2) is 7.56. The normalized spacial score (nSPS) is 12.0. The second-order valence-electron chi connectivity index (χ2n) is 6.84. The summed E-state index contributed by atoms with van der Waals surface area (Å²) in [6, 6.07) is 7.89. The minimum atomic E-state index is -4.73. The number of rotatable bonds is 3. The molecular formula is C18H16BrClF3N3O. The topological polar surface area (TPSA) is 57.8 Å². The third kappa shape index (κ3) is 4.47. The molecule has 0 atom stereocenters. The molecule has 0 aliphatic heterocycles. The van der Waals surface area contributed by atoms with Crippen molar-refractivity contribution in [1.29, 1.82) is 5.26 Å². The van der Waals surface area contributed by atoms with E-state index in [2.05, 4.69) is 21.2 Å². The minimum absolute atomic E-state index is 0.0441. The molecular weight excluding hydrogens is 447 g/mol. The third-order valence-corrected chi connectivity index (χ3v) is 4.80. The molecule has 2 rings (SSSR count). The number of carbonyl (C=O) groups is 1. The maximum Gasteiger partial charge on any atom is 0.432 e. The number of nitrogens with one attached hydrogen (secondary N) is 1. The Labute approximate surface area is 168 Å². The Morgan fingerprint density at radius 2 is 1.81 bits per heavy atom. The van der Waals surface area contributed by atoms with Crippen molar-refractivity contribution in [3.63, 3.8) is 0 Å². The van der Waals surface area contributed by atoms with Crippen molar-refractivity contribution in [3.8, 4) is 17.3 Å². The van der Waals surface area contributed by atoms with Gasteiger partial charge in [0.1, 0.15) is 11.8 Å². The van der Waals surface area contributed by atoms with Crippen LogP contribution in [0.5, 0.6) is 0 Å². The number of halogens is 5. The average molecular weight is 463 g/mol. The molecule has 0 saturated heterocycles. The zero-order chi connectivity index (χ0) is 20.6. The van der Waals surface area contributed by atoms with Crippen LogP contribution in [-0.4, -0.2) is 10.5 Å². The molecule has 1 aromatic heterocycles. The predicted octanol–water partition coefficient (Wildman–Crippen LogP) is 5.58. The van der Waals surface area contributed by atoms with E-state index in [1.165, 1.54) is 24.3 Å². The predicted molar refractivity (Wildman–Crippen MR) is 99.9 cm³/mol. The van der Waals surface area contributed by atoms with Crippen LogP contribution in [-0.2, 0) is 17.6 Å². The summed E-state index contributed by atoms with van der Waals surface area (Å²) in [5, 5.41) is 12.4. The van der Waals surface area contributed by atoms with Crippen LogP contribution in [0.1, 0.15) is 32.0 Å². The lowest BCUT2D eigenvalue weighted by Gasteiger charge is -2.21. The largest absolute Gasteiger partial charge is 0.432 e. The van der Waals surface area contributed by atoms with Crippen LogP contribution in [0.3, 0.4) is 0 Å². The first-order chi connectivity index (χ1) is 12.4. The van der Waals surface area contributed by atoms with Crippen molar-refractivity contribution in [3.05, 3.63) is 45.0 Å². The Bertz CT molecular complexity index is 906. The SMILES string of the molecule is CC(C)(C)C(=O)NCn1c(-c2ccc(Cl)cc2)c(C#N)c(Br)c1C(F)(F)F. The van der Waals surface area contributed by atoms with E-state index >= 15 is 0 Å². The molecule has 0 radical (unpaired) electrons.